The van der Waals surface area contributed by atoms with Crippen LogP contribution in [0.4, 0.5) is 5.69 Å². The van der Waals surface area contributed by atoms with Crippen molar-refractivity contribution in [1.82, 2.24) is 0 Å². The van der Waals surface area contributed by atoms with Crippen molar-refractivity contribution < 1.29 is 9.90 Å². The van der Waals surface area contributed by atoms with Gasteiger partial charge < -0.3 is 16.6 Å². The van der Waals surface area contributed by atoms with E-state index in [4.69, 9.17) is 16.6 Å². The van der Waals surface area contributed by atoms with E-state index in [0.29, 0.717) is 11.3 Å². The quantitative estimate of drug-likeness (QED) is 0.408. The molecule has 0 amide bonds. The van der Waals surface area contributed by atoms with Crippen LogP contribution in [0.2, 0.25) is 0 Å². The van der Waals surface area contributed by atoms with Gasteiger partial charge in [-0.25, -0.2) is 9.79 Å². The molecule has 0 saturated carbocycles. The number of guanidine groups is 1. The third kappa shape index (κ3) is 4.08. The molecule has 98 valence electrons. The number of aromatic carboxylic acids is 1. The molecule has 5 heteroatoms. The number of carboxylic acid groups (broad SMARTS) is 1. The molecule has 0 radical (unpaired) electrons. The number of benzene rings is 1. The summed E-state index contributed by atoms with van der Waals surface area (Å²) in [5.41, 5.74) is 12.3. The molecule has 1 aromatic carbocycles. The molecule has 0 saturated heterocycles. The molecule has 0 aromatic heterocycles. The van der Waals surface area contributed by atoms with Crippen LogP contribution in [0.25, 0.3) is 0 Å². The number of aryl methyl sites for hydroxylation is 1. The van der Waals surface area contributed by atoms with E-state index in [1.165, 1.54) is 0 Å². The van der Waals surface area contributed by atoms with Gasteiger partial charge in [-0.1, -0.05) is 19.8 Å². The lowest BCUT2D eigenvalue weighted by Gasteiger charge is -2.07. The van der Waals surface area contributed by atoms with E-state index in [0.717, 1.165) is 31.2 Å². The molecule has 0 atom stereocenters. The number of rotatable bonds is 6. The monoisotopic (exact) mass is 249 g/mol. The molecule has 1 aromatic rings. The van der Waals surface area contributed by atoms with E-state index < -0.39 is 5.97 Å². The first-order chi connectivity index (χ1) is 8.54. The zero-order chi connectivity index (χ0) is 13.5. The number of carbonyl (C=O) groups is 1. The molecule has 18 heavy (non-hydrogen) atoms. The molecule has 0 aliphatic rings. The van der Waals surface area contributed by atoms with E-state index in [1.54, 1.807) is 18.2 Å². The zero-order valence-electron chi connectivity index (χ0n) is 10.5. The molecule has 5 nitrogen and oxygen atoms in total. The highest BCUT2D eigenvalue weighted by Gasteiger charge is 2.10. The minimum atomic E-state index is -0.919. The number of hydrogen-bond donors (Lipinski definition) is 3. The van der Waals surface area contributed by atoms with Crippen molar-refractivity contribution in [1.29, 1.82) is 0 Å². The Morgan fingerprint density at radius 3 is 2.61 bits per heavy atom. The molecule has 0 spiro atoms. The molecule has 0 unspecified atom stereocenters. The molecule has 5 N–H and O–H groups in total. The summed E-state index contributed by atoms with van der Waals surface area (Å²) in [6.07, 6.45) is 3.85. The van der Waals surface area contributed by atoms with E-state index in [9.17, 15) is 4.79 Å². The third-order valence-electron chi connectivity index (χ3n) is 2.63. The van der Waals surface area contributed by atoms with E-state index in [-0.39, 0.29) is 5.96 Å². The maximum absolute atomic E-state index is 11.1. The summed E-state index contributed by atoms with van der Waals surface area (Å²) in [6, 6.07) is 4.89. The van der Waals surface area contributed by atoms with Gasteiger partial charge in [0.05, 0.1) is 11.3 Å². The van der Waals surface area contributed by atoms with Crippen LogP contribution >= 0.6 is 0 Å². The average Bonchev–Trinajstić information content (AvgIpc) is 2.28. The molecule has 1 rings (SSSR count). The lowest BCUT2D eigenvalue weighted by Crippen LogP contribution is -2.21. The number of nitrogens with two attached hydrogens (primary N) is 2. The number of aliphatic imine (C=N–C) groups is 1. The predicted molar refractivity (Wildman–Crippen MR) is 72.1 cm³/mol. The largest absolute Gasteiger partial charge is 0.478 e. The van der Waals surface area contributed by atoms with Crippen LogP contribution < -0.4 is 11.5 Å². The van der Waals surface area contributed by atoms with Crippen LogP contribution in [0.1, 0.15) is 42.1 Å². The summed E-state index contributed by atoms with van der Waals surface area (Å²) in [5.74, 6) is -0.949. The highest BCUT2D eigenvalue weighted by molar-refractivity contribution is 5.90. The van der Waals surface area contributed by atoms with Crippen molar-refractivity contribution in [3.05, 3.63) is 29.3 Å². The van der Waals surface area contributed by atoms with Crippen LogP contribution in [0.15, 0.2) is 23.2 Å². The number of unbranched alkanes of at least 4 members (excludes halogenated alkanes) is 2. The van der Waals surface area contributed by atoms with Crippen molar-refractivity contribution in [3.63, 3.8) is 0 Å². The van der Waals surface area contributed by atoms with Gasteiger partial charge >= 0.3 is 5.97 Å². The first-order valence-electron chi connectivity index (χ1n) is 6.00. The van der Waals surface area contributed by atoms with Crippen LogP contribution in [0.5, 0.6) is 0 Å². The van der Waals surface area contributed by atoms with E-state index in [1.807, 2.05) is 0 Å². The van der Waals surface area contributed by atoms with Crippen molar-refractivity contribution >= 4 is 17.6 Å². The van der Waals surface area contributed by atoms with Gasteiger partial charge in [-0.2, -0.15) is 0 Å². The predicted octanol–water partition coefficient (Wildman–Crippen LogP) is 2.02. The normalized spacial score (nSPS) is 10.1. The summed E-state index contributed by atoms with van der Waals surface area (Å²) in [5, 5.41) is 9.11. The van der Waals surface area contributed by atoms with Gasteiger partial charge in [0.15, 0.2) is 5.96 Å². The molecule has 0 aliphatic carbocycles. The van der Waals surface area contributed by atoms with Gasteiger partial charge in [0.25, 0.3) is 0 Å². The van der Waals surface area contributed by atoms with Crippen molar-refractivity contribution in [2.24, 2.45) is 16.5 Å². The Kier molecular flexibility index (Phi) is 5.17. The van der Waals surface area contributed by atoms with Gasteiger partial charge in [-0.15, -0.1) is 0 Å². The fourth-order valence-electron chi connectivity index (χ4n) is 1.78. The second kappa shape index (κ2) is 6.64. The lowest BCUT2D eigenvalue weighted by atomic mass is 10.0. The minimum absolute atomic E-state index is 0.0300. The van der Waals surface area contributed by atoms with Gasteiger partial charge in [-0.3, -0.25) is 0 Å². The van der Waals surface area contributed by atoms with Crippen LogP contribution in [-0.4, -0.2) is 17.0 Å². The minimum Gasteiger partial charge on any atom is -0.478 e. The SMILES string of the molecule is CCCCCc1cc(N=C(N)N)ccc1C(=O)O. The molecule has 0 heterocycles. The Morgan fingerprint density at radius 1 is 1.33 bits per heavy atom. The highest BCUT2D eigenvalue weighted by Crippen LogP contribution is 2.20. The maximum Gasteiger partial charge on any atom is 0.335 e. The first-order valence-corrected chi connectivity index (χ1v) is 6.00. The molecule has 0 bridgehead atoms. The van der Waals surface area contributed by atoms with Crippen LogP contribution in [0, 0.1) is 0 Å². The highest BCUT2D eigenvalue weighted by atomic mass is 16.4. The average molecular weight is 249 g/mol. The van der Waals surface area contributed by atoms with Gasteiger partial charge in [0, 0.05) is 0 Å². The van der Waals surface area contributed by atoms with E-state index in [2.05, 4.69) is 11.9 Å². The number of hydrogen-bond acceptors (Lipinski definition) is 2. The topological polar surface area (TPSA) is 102 Å². The molecule has 0 aliphatic heterocycles. The Bertz CT molecular complexity index is 452. The van der Waals surface area contributed by atoms with Crippen molar-refractivity contribution in [2.45, 2.75) is 32.6 Å². The second-order valence-electron chi connectivity index (χ2n) is 4.14. The molecule has 0 fully saturated rings. The summed E-state index contributed by atoms with van der Waals surface area (Å²) < 4.78 is 0. The third-order valence-corrected chi connectivity index (χ3v) is 2.63. The lowest BCUT2D eigenvalue weighted by molar-refractivity contribution is 0.0695. The maximum atomic E-state index is 11.1. The summed E-state index contributed by atoms with van der Waals surface area (Å²) in [4.78, 5) is 15.0. The first kappa shape index (κ1) is 14.0. The van der Waals surface area contributed by atoms with Crippen LogP contribution in [0.3, 0.4) is 0 Å². The fraction of sp³-hybridized carbons (Fsp3) is 0.385. The zero-order valence-corrected chi connectivity index (χ0v) is 10.5. The Balaban J connectivity index is 3.00. The Labute approximate surface area is 107 Å². The second-order valence-corrected chi connectivity index (χ2v) is 4.14. The van der Waals surface area contributed by atoms with Crippen molar-refractivity contribution in [3.8, 4) is 0 Å². The summed E-state index contributed by atoms with van der Waals surface area (Å²) in [7, 11) is 0. The standard InChI is InChI=1S/C13H19N3O2/c1-2-3-4-5-9-8-10(16-13(14)15)6-7-11(9)12(17)18/h6-8H,2-5H2,1H3,(H,17,18)(H4,14,15,16). The van der Waals surface area contributed by atoms with E-state index >= 15 is 0 Å². The van der Waals surface area contributed by atoms with Gasteiger partial charge in [-0.05, 0) is 36.6 Å². The van der Waals surface area contributed by atoms with Crippen molar-refractivity contribution in [2.75, 3.05) is 0 Å². The van der Waals surface area contributed by atoms with Gasteiger partial charge in [0.1, 0.15) is 0 Å². The Hall–Kier alpha value is -2.04. The van der Waals surface area contributed by atoms with Gasteiger partial charge in [0.2, 0.25) is 0 Å². The number of carboxylic acids is 1. The van der Waals surface area contributed by atoms with Crippen LogP contribution in [-0.2, 0) is 6.42 Å². The molecular formula is C13H19N3O2. The smallest absolute Gasteiger partial charge is 0.335 e. The molecular weight excluding hydrogens is 230 g/mol. The Morgan fingerprint density at radius 2 is 2.06 bits per heavy atom. The summed E-state index contributed by atoms with van der Waals surface area (Å²) in [6.45, 7) is 2.11. The summed E-state index contributed by atoms with van der Waals surface area (Å²) >= 11 is 0. The fourth-order valence-corrected chi connectivity index (χ4v) is 1.78. The number of nitrogens with zero attached hydrogens (tertiary/aromatic N) is 1.